The monoisotopic (exact) mass is 450 g/mol. The van der Waals surface area contributed by atoms with Crippen LogP contribution in [0.2, 0.25) is 0 Å². The van der Waals surface area contributed by atoms with Crippen LogP contribution in [-0.2, 0) is 6.42 Å². The van der Waals surface area contributed by atoms with Gasteiger partial charge in [0, 0.05) is 0 Å². The van der Waals surface area contributed by atoms with Crippen LogP contribution in [0.1, 0.15) is 16.1 Å². The Labute approximate surface area is 195 Å². The van der Waals surface area contributed by atoms with Crippen LogP contribution >= 0.6 is 18.6 Å². The van der Waals surface area contributed by atoms with Gasteiger partial charge in [0.05, 0.1) is 0 Å². The summed E-state index contributed by atoms with van der Waals surface area (Å²) in [5, 5.41) is 6.59. The molecule has 1 aromatic heterocycles. The van der Waals surface area contributed by atoms with Crippen molar-refractivity contribution in [1.29, 1.82) is 0 Å². The minimum atomic E-state index is -2.44. The van der Waals surface area contributed by atoms with Crippen molar-refractivity contribution in [3.05, 3.63) is 149 Å². The van der Waals surface area contributed by atoms with E-state index in [2.05, 4.69) is 139 Å². The summed E-state index contributed by atoms with van der Waals surface area (Å²) >= 11 is 1.87. The van der Waals surface area contributed by atoms with E-state index in [0.717, 1.165) is 6.42 Å². The van der Waals surface area contributed by atoms with E-state index in [9.17, 15) is 0 Å². The number of hydrogen-bond acceptors (Lipinski definition) is 1. The van der Waals surface area contributed by atoms with E-state index in [1.54, 1.807) is 0 Å². The van der Waals surface area contributed by atoms with Gasteiger partial charge in [-0.2, -0.15) is 0 Å². The van der Waals surface area contributed by atoms with E-state index < -0.39 is 7.26 Å². The van der Waals surface area contributed by atoms with Crippen molar-refractivity contribution in [2.75, 3.05) is 0 Å². The van der Waals surface area contributed by atoms with Gasteiger partial charge in [-0.05, 0) is 0 Å². The van der Waals surface area contributed by atoms with Gasteiger partial charge in [0.1, 0.15) is 0 Å². The summed E-state index contributed by atoms with van der Waals surface area (Å²) in [4.78, 5) is 1.44. The van der Waals surface area contributed by atoms with Gasteiger partial charge < -0.3 is 0 Å². The van der Waals surface area contributed by atoms with Gasteiger partial charge in [0.15, 0.2) is 0 Å². The predicted molar refractivity (Wildman–Crippen MR) is 144 cm³/mol. The molecule has 0 aliphatic carbocycles. The van der Waals surface area contributed by atoms with Crippen LogP contribution in [0.25, 0.3) is 0 Å². The molecular weight excluding hydrogens is 423 g/mol. The quantitative estimate of drug-likeness (QED) is 0.240. The second-order valence-electron chi connectivity index (χ2n) is 8.15. The Kier molecular flexibility index (Phi) is 6.30. The molecule has 32 heavy (non-hydrogen) atoms. The van der Waals surface area contributed by atoms with Gasteiger partial charge in [-0.15, -0.1) is 0 Å². The van der Waals surface area contributed by atoms with Crippen molar-refractivity contribution in [2.24, 2.45) is 0 Å². The molecule has 5 aromatic rings. The fourth-order valence-corrected chi connectivity index (χ4v) is 11.5. The number of rotatable bonds is 7. The first-order valence-electron chi connectivity index (χ1n) is 11.1. The molecule has 0 N–H and O–H groups in total. The molecule has 0 aliphatic rings. The van der Waals surface area contributed by atoms with E-state index in [1.807, 2.05) is 11.3 Å². The first-order chi connectivity index (χ1) is 15.9. The van der Waals surface area contributed by atoms with Crippen molar-refractivity contribution in [2.45, 2.75) is 12.1 Å². The molecule has 0 radical (unpaired) electrons. The third-order valence-electron chi connectivity index (χ3n) is 6.40. The number of thiophene rings is 1. The molecule has 0 spiro atoms. The zero-order valence-electron chi connectivity index (χ0n) is 18.0. The molecule has 0 fully saturated rings. The molecule has 1 unspecified atom stereocenters. The summed E-state index contributed by atoms with van der Waals surface area (Å²) < 4.78 is 0. The van der Waals surface area contributed by atoms with Crippen LogP contribution in [0.15, 0.2) is 139 Å². The Morgan fingerprint density at radius 1 is 0.500 bits per heavy atom. The molecule has 0 saturated heterocycles. The second kappa shape index (κ2) is 9.65. The van der Waals surface area contributed by atoms with Crippen molar-refractivity contribution in [3.8, 4) is 0 Å². The van der Waals surface area contributed by atoms with E-state index in [0.29, 0.717) is 5.66 Å². The average Bonchev–Trinajstić information content (AvgIpc) is 3.40. The normalized spacial score (nSPS) is 12.9. The average molecular weight is 451 g/mol. The van der Waals surface area contributed by atoms with Gasteiger partial charge in [-0.25, -0.2) is 0 Å². The van der Waals surface area contributed by atoms with Crippen LogP contribution in [-0.4, -0.2) is 0 Å². The Hall–Kier alpha value is -2.99. The van der Waals surface area contributed by atoms with Crippen LogP contribution in [0.3, 0.4) is 0 Å². The van der Waals surface area contributed by atoms with Crippen molar-refractivity contribution in [3.63, 3.8) is 0 Å². The Morgan fingerprint density at radius 3 is 1.34 bits per heavy atom. The summed E-state index contributed by atoms with van der Waals surface area (Å²) in [6.45, 7) is 0. The van der Waals surface area contributed by atoms with E-state index >= 15 is 0 Å². The Balaban J connectivity index is 1.86. The maximum absolute atomic E-state index is 2.44. The standard InChI is InChI=1S/C30H27PS/c1-5-14-25(15-6-1)30(24-29-22-13-23-32-29)31(26-16-7-2-8-17-26,27-18-9-3-10-19-27)28-20-11-4-12-21-28/h1-23,30-31H,24H2. The summed E-state index contributed by atoms with van der Waals surface area (Å²) in [5.41, 5.74) is 1.79. The fraction of sp³-hybridized carbons (Fsp3) is 0.0667. The second-order valence-corrected chi connectivity index (χ2v) is 13.2. The minimum absolute atomic E-state index is 0.370. The predicted octanol–water partition coefficient (Wildman–Crippen LogP) is 6.76. The van der Waals surface area contributed by atoms with Crippen molar-refractivity contribution in [1.82, 2.24) is 0 Å². The SMILES string of the molecule is c1ccc(C(Cc2cccs2)[PH](c2ccccc2)(c2ccccc2)c2ccccc2)cc1. The molecule has 0 bridgehead atoms. The number of hydrogen-bond donors (Lipinski definition) is 0. The van der Waals surface area contributed by atoms with Gasteiger partial charge in [0.2, 0.25) is 0 Å². The molecule has 0 aliphatic heterocycles. The molecule has 4 aromatic carbocycles. The summed E-state index contributed by atoms with van der Waals surface area (Å²) in [6, 6.07) is 49.4. The van der Waals surface area contributed by atoms with Crippen molar-refractivity contribution >= 4 is 34.5 Å². The molecule has 1 heterocycles. The fourth-order valence-electron chi connectivity index (χ4n) is 5.04. The molecule has 1 atom stereocenters. The Bertz CT molecular complexity index is 1120. The first kappa shape index (κ1) is 20.9. The topological polar surface area (TPSA) is 0 Å². The molecule has 2 heteroatoms. The van der Waals surface area contributed by atoms with E-state index in [1.165, 1.54) is 26.4 Å². The van der Waals surface area contributed by atoms with E-state index in [4.69, 9.17) is 0 Å². The van der Waals surface area contributed by atoms with Gasteiger partial charge in [-0.1, -0.05) is 0 Å². The first-order valence-corrected chi connectivity index (χ1v) is 14.1. The molecule has 5 rings (SSSR count). The van der Waals surface area contributed by atoms with Gasteiger partial charge >= 0.3 is 196 Å². The molecular formula is C30H27PS. The van der Waals surface area contributed by atoms with Crippen LogP contribution in [0.4, 0.5) is 0 Å². The zero-order valence-corrected chi connectivity index (χ0v) is 19.8. The molecule has 0 nitrogen and oxygen atoms in total. The van der Waals surface area contributed by atoms with Crippen LogP contribution in [0, 0.1) is 0 Å². The summed E-state index contributed by atoms with van der Waals surface area (Å²) in [6.07, 6.45) is 1.03. The molecule has 158 valence electrons. The van der Waals surface area contributed by atoms with Crippen LogP contribution in [0.5, 0.6) is 0 Å². The maximum atomic E-state index is 2.36. The zero-order chi connectivity index (χ0) is 21.6. The summed E-state index contributed by atoms with van der Waals surface area (Å²) in [5.74, 6) is 0. The third kappa shape index (κ3) is 3.95. The van der Waals surface area contributed by atoms with Gasteiger partial charge in [-0.3, -0.25) is 0 Å². The molecule has 0 saturated carbocycles. The Morgan fingerprint density at radius 2 is 0.938 bits per heavy atom. The van der Waals surface area contributed by atoms with Crippen LogP contribution < -0.4 is 15.9 Å². The van der Waals surface area contributed by atoms with Gasteiger partial charge in [0.25, 0.3) is 0 Å². The molecule has 0 amide bonds. The van der Waals surface area contributed by atoms with Crippen molar-refractivity contribution < 1.29 is 0 Å². The summed E-state index contributed by atoms with van der Waals surface area (Å²) in [7, 11) is -2.44. The number of benzene rings is 4. The third-order valence-corrected chi connectivity index (χ3v) is 12.6. The van der Waals surface area contributed by atoms with E-state index in [-0.39, 0.29) is 0 Å².